The summed E-state index contributed by atoms with van der Waals surface area (Å²) in [5.74, 6) is -0.518. The normalized spacial score (nSPS) is 15.2. The monoisotopic (exact) mass is 480 g/mol. The zero-order valence-electron chi connectivity index (χ0n) is 19.2. The van der Waals surface area contributed by atoms with Crippen LogP contribution < -0.4 is 5.56 Å². The van der Waals surface area contributed by atoms with Crippen LogP contribution in [-0.4, -0.2) is 30.7 Å². The van der Waals surface area contributed by atoms with Gasteiger partial charge in [0.1, 0.15) is 11.6 Å². The first-order chi connectivity index (χ1) is 16.1. The summed E-state index contributed by atoms with van der Waals surface area (Å²) in [4.78, 5) is 30.0. The van der Waals surface area contributed by atoms with Crippen molar-refractivity contribution in [3.8, 4) is 11.1 Å². The molecule has 34 heavy (non-hydrogen) atoms. The van der Waals surface area contributed by atoms with E-state index >= 15 is 0 Å². The maximum absolute atomic E-state index is 13.7. The highest BCUT2D eigenvalue weighted by Crippen LogP contribution is 2.39. The summed E-state index contributed by atoms with van der Waals surface area (Å²) in [5.41, 5.74) is 4.33. The molecule has 0 unspecified atom stereocenters. The van der Waals surface area contributed by atoms with Crippen molar-refractivity contribution in [2.24, 2.45) is 12.0 Å². The van der Waals surface area contributed by atoms with E-state index in [1.165, 1.54) is 29.0 Å². The van der Waals surface area contributed by atoms with E-state index in [-0.39, 0.29) is 29.3 Å². The molecular formula is C26H25FN2O4S. The Balaban J connectivity index is 2.04. The predicted octanol–water partition coefficient (Wildman–Crippen LogP) is 4.00. The van der Waals surface area contributed by atoms with Crippen LogP contribution in [0.25, 0.3) is 11.1 Å². The van der Waals surface area contributed by atoms with Crippen molar-refractivity contribution in [1.29, 1.82) is 0 Å². The molecule has 3 aromatic rings. The van der Waals surface area contributed by atoms with Gasteiger partial charge in [0.05, 0.1) is 17.5 Å². The van der Waals surface area contributed by atoms with Crippen LogP contribution in [0.2, 0.25) is 0 Å². The number of pyridine rings is 1. The van der Waals surface area contributed by atoms with Gasteiger partial charge in [0.25, 0.3) is 5.56 Å². The van der Waals surface area contributed by atoms with Crippen LogP contribution in [0, 0.1) is 5.82 Å². The fourth-order valence-corrected chi connectivity index (χ4v) is 4.99. The third-order valence-corrected chi connectivity index (χ3v) is 6.75. The van der Waals surface area contributed by atoms with Gasteiger partial charge in [-0.2, -0.15) is 0 Å². The Hall–Kier alpha value is -3.39. The molecule has 0 amide bonds. The molecule has 1 aliphatic rings. The number of fused-ring (bicyclic) bond motifs is 3. The molecule has 0 saturated carbocycles. The van der Waals surface area contributed by atoms with E-state index in [0.29, 0.717) is 39.9 Å². The van der Waals surface area contributed by atoms with E-state index in [1.54, 1.807) is 50.5 Å². The van der Waals surface area contributed by atoms with E-state index in [4.69, 9.17) is 4.99 Å². The summed E-state index contributed by atoms with van der Waals surface area (Å²) in [5, 5.41) is 0. The van der Waals surface area contributed by atoms with Crippen LogP contribution in [0.15, 0.2) is 64.5 Å². The highest BCUT2D eigenvalue weighted by molar-refractivity contribution is 7.89. The lowest BCUT2D eigenvalue weighted by molar-refractivity contribution is -0.119. The molecule has 0 fully saturated rings. The lowest BCUT2D eigenvalue weighted by Gasteiger charge is -2.16. The molecule has 0 spiro atoms. The Morgan fingerprint density at radius 2 is 1.76 bits per heavy atom. The predicted molar refractivity (Wildman–Crippen MR) is 130 cm³/mol. The number of aryl methyl sites for hydroxylation is 1. The number of carbonyl (C=O) groups excluding carboxylic acids is 1. The molecule has 1 aliphatic heterocycles. The van der Waals surface area contributed by atoms with Crippen molar-refractivity contribution in [1.82, 2.24) is 4.57 Å². The number of aliphatic imine (C=N–C) groups is 1. The number of sulfone groups is 1. The number of hydrogen-bond acceptors (Lipinski definition) is 5. The number of halogens is 1. The minimum atomic E-state index is -3.28. The lowest BCUT2D eigenvalue weighted by Crippen LogP contribution is -2.18. The first kappa shape index (κ1) is 23.8. The molecule has 2 heterocycles. The summed E-state index contributed by atoms with van der Waals surface area (Å²) in [6, 6.07) is 12.1. The van der Waals surface area contributed by atoms with E-state index in [2.05, 4.69) is 0 Å². The molecule has 2 aromatic carbocycles. The number of carbonyl (C=O) groups is 1. The van der Waals surface area contributed by atoms with Crippen LogP contribution in [0.1, 0.15) is 48.1 Å². The van der Waals surface area contributed by atoms with Crippen LogP contribution >= 0.6 is 0 Å². The van der Waals surface area contributed by atoms with Gasteiger partial charge >= 0.3 is 0 Å². The van der Waals surface area contributed by atoms with Gasteiger partial charge in [-0.25, -0.2) is 12.8 Å². The smallest absolute Gasteiger partial charge is 0.250 e. The molecule has 0 N–H and O–H groups in total. The van der Waals surface area contributed by atoms with Crippen molar-refractivity contribution in [2.75, 3.05) is 6.26 Å². The van der Waals surface area contributed by atoms with Gasteiger partial charge in [-0.15, -0.1) is 0 Å². The first-order valence-electron chi connectivity index (χ1n) is 10.9. The Morgan fingerprint density at radius 1 is 1.06 bits per heavy atom. The van der Waals surface area contributed by atoms with Gasteiger partial charge in [-0.05, 0) is 47.0 Å². The fraction of sp³-hybridized carbons (Fsp3) is 0.269. The number of Topliss-reactive ketones (excluding diaryl/α,β-unsaturated/α-hetero) is 1. The van der Waals surface area contributed by atoms with Crippen LogP contribution in [0.3, 0.4) is 0 Å². The Kier molecular flexibility index (Phi) is 6.36. The summed E-state index contributed by atoms with van der Waals surface area (Å²) >= 11 is 0. The average molecular weight is 481 g/mol. The molecule has 0 radical (unpaired) electrons. The molecule has 176 valence electrons. The number of ketones is 1. The second-order valence-corrected chi connectivity index (χ2v) is 10.8. The second-order valence-electron chi connectivity index (χ2n) is 8.64. The van der Waals surface area contributed by atoms with Crippen molar-refractivity contribution in [3.05, 3.63) is 93.2 Å². The molecule has 4 rings (SSSR count). The Morgan fingerprint density at radius 3 is 2.41 bits per heavy atom. The maximum Gasteiger partial charge on any atom is 0.250 e. The molecule has 0 aliphatic carbocycles. The third-order valence-electron chi connectivity index (χ3n) is 5.90. The van der Waals surface area contributed by atoms with E-state index < -0.39 is 15.9 Å². The van der Waals surface area contributed by atoms with Crippen LogP contribution in [0.5, 0.6) is 0 Å². The highest BCUT2D eigenvalue weighted by Gasteiger charge is 2.27. The maximum atomic E-state index is 13.7. The second kappa shape index (κ2) is 9.10. The summed E-state index contributed by atoms with van der Waals surface area (Å²) in [7, 11) is -1.64. The van der Waals surface area contributed by atoms with Gasteiger partial charge < -0.3 is 4.57 Å². The van der Waals surface area contributed by atoms with Gasteiger partial charge in [0.2, 0.25) is 0 Å². The topological polar surface area (TPSA) is 85.6 Å². The molecule has 1 atom stereocenters. The van der Waals surface area contributed by atoms with Gasteiger partial charge in [0.15, 0.2) is 9.84 Å². The number of rotatable bonds is 6. The van der Waals surface area contributed by atoms with Crippen LogP contribution in [-0.2, 0) is 27.4 Å². The van der Waals surface area contributed by atoms with Gasteiger partial charge in [-0.1, -0.05) is 19.1 Å². The Labute approximate surface area is 197 Å². The molecule has 0 bridgehead atoms. The van der Waals surface area contributed by atoms with Gasteiger partial charge in [-0.3, -0.25) is 14.6 Å². The first-order valence-corrected chi connectivity index (χ1v) is 13.0. The minimum Gasteiger partial charge on any atom is -0.318 e. The van der Waals surface area contributed by atoms with Crippen LogP contribution in [0.4, 0.5) is 4.39 Å². The average Bonchev–Trinajstić information content (AvgIpc) is 2.89. The van der Waals surface area contributed by atoms with Crippen molar-refractivity contribution in [2.45, 2.75) is 31.6 Å². The van der Waals surface area contributed by atoms with Gasteiger partial charge in [0, 0.05) is 55.1 Å². The summed E-state index contributed by atoms with van der Waals surface area (Å²) in [6.45, 7) is 1.78. The number of nitrogens with zero attached hydrogens (tertiary/aromatic N) is 2. The molecule has 8 heteroatoms. The fourth-order valence-electron chi connectivity index (χ4n) is 4.21. The van der Waals surface area contributed by atoms with Crippen molar-refractivity contribution >= 4 is 21.3 Å². The van der Waals surface area contributed by atoms with E-state index in [1.807, 2.05) is 0 Å². The number of aromatic nitrogens is 1. The highest BCUT2D eigenvalue weighted by atomic mass is 32.2. The SMILES string of the molecule is CCC(=O)C[C@@H]1N=C(c2ccc(F)cc2)c2ccc(CS(C)(=O)=O)cc2-c2cn(C)c(=O)cc21. The number of benzene rings is 2. The molecule has 0 saturated heterocycles. The largest absolute Gasteiger partial charge is 0.318 e. The zero-order chi connectivity index (χ0) is 24.6. The molecule has 1 aromatic heterocycles. The van der Waals surface area contributed by atoms with E-state index in [0.717, 1.165) is 5.56 Å². The standard InChI is InChI=1S/C26H25FN2O4S/c1-4-19(30)12-24-22-13-25(31)29(2)14-23(22)21-11-16(15-34(3,32)33)5-10-20(21)26(28-24)17-6-8-18(27)9-7-17/h5-11,13-14,24H,4,12,15H2,1-3H3/t24-/m0/s1. The Bertz CT molecular complexity index is 1470. The summed E-state index contributed by atoms with van der Waals surface area (Å²) in [6.07, 6.45) is 3.33. The quantitative estimate of drug-likeness (QED) is 0.534. The number of hydrogen-bond donors (Lipinski definition) is 0. The molecular weight excluding hydrogens is 455 g/mol. The summed E-state index contributed by atoms with van der Waals surface area (Å²) < 4.78 is 39.0. The minimum absolute atomic E-state index is 0.00237. The lowest BCUT2D eigenvalue weighted by atomic mass is 9.90. The van der Waals surface area contributed by atoms with Crippen molar-refractivity contribution < 1.29 is 17.6 Å². The van der Waals surface area contributed by atoms with E-state index in [9.17, 15) is 22.4 Å². The van der Waals surface area contributed by atoms with Crippen molar-refractivity contribution in [3.63, 3.8) is 0 Å². The zero-order valence-corrected chi connectivity index (χ0v) is 20.0. The molecule has 6 nitrogen and oxygen atoms in total. The third kappa shape index (κ3) is 4.92.